The summed E-state index contributed by atoms with van der Waals surface area (Å²) in [6.07, 6.45) is 0.876. The normalized spacial score (nSPS) is 17.7. The van der Waals surface area contributed by atoms with E-state index in [-0.39, 0.29) is 24.2 Å². The molecular formula is C13H18Cl2N2O2. The molecule has 0 aliphatic carbocycles. The molecule has 106 valence electrons. The lowest BCUT2D eigenvalue weighted by Crippen LogP contribution is -2.24. The van der Waals surface area contributed by atoms with Gasteiger partial charge in [-0.25, -0.2) is 0 Å². The molecule has 1 saturated heterocycles. The Morgan fingerprint density at radius 3 is 2.84 bits per heavy atom. The van der Waals surface area contributed by atoms with Crippen molar-refractivity contribution in [3.8, 4) is 5.75 Å². The second-order valence-corrected chi connectivity index (χ2v) is 4.89. The molecule has 0 aromatic heterocycles. The quantitative estimate of drug-likeness (QED) is 0.902. The molecule has 2 N–H and O–H groups in total. The minimum absolute atomic E-state index is 0. The van der Waals surface area contributed by atoms with Crippen LogP contribution in [0.15, 0.2) is 12.1 Å². The Labute approximate surface area is 124 Å². The lowest BCUT2D eigenvalue weighted by molar-refractivity contribution is -0.119. The average Bonchev–Trinajstić information content (AvgIpc) is 2.87. The Hall–Kier alpha value is -0.970. The summed E-state index contributed by atoms with van der Waals surface area (Å²) in [5.41, 5.74) is 1.59. The van der Waals surface area contributed by atoms with Crippen molar-refractivity contribution in [1.29, 1.82) is 0 Å². The Balaban J connectivity index is 0.00000180. The van der Waals surface area contributed by atoms with E-state index in [4.69, 9.17) is 16.3 Å². The fourth-order valence-corrected chi connectivity index (χ4v) is 2.20. The average molecular weight is 305 g/mol. The second-order valence-electron chi connectivity index (χ2n) is 4.48. The van der Waals surface area contributed by atoms with Gasteiger partial charge >= 0.3 is 0 Å². The van der Waals surface area contributed by atoms with Crippen LogP contribution in [0.1, 0.15) is 12.0 Å². The topological polar surface area (TPSA) is 50.4 Å². The zero-order valence-corrected chi connectivity index (χ0v) is 12.5. The lowest BCUT2D eigenvalue weighted by Gasteiger charge is -2.14. The smallest absolute Gasteiger partial charge is 0.228 e. The van der Waals surface area contributed by atoms with Gasteiger partial charge in [-0.1, -0.05) is 11.6 Å². The minimum Gasteiger partial charge on any atom is -0.495 e. The van der Waals surface area contributed by atoms with Crippen LogP contribution < -0.4 is 15.4 Å². The third kappa shape index (κ3) is 3.75. The first kappa shape index (κ1) is 16.1. The van der Waals surface area contributed by atoms with Crippen molar-refractivity contribution in [2.75, 3.05) is 25.5 Å². The van der Waals surface area contributed by atoms with Crippen molar-refractivity contribution in [1.82, 2.24) is 5.32 Å². The van der Waals surface area contributed by atoms with Crippen LogP contribution in [0.25, 0.3) is 0 Å². The standard InChI is InChI=1S/C13H17ClN2O2.ClH/c1-8-5-11(12(18-2)6-10(8)14)16-13(17)9-3-4-15-7-9;/h5-6,9,15H,3-4,7H2,1-2H3,(H,16,17);1H. The number of methoxy groups -OCH3 is 1. The van der Waals surface area contributed by atoms with Gasteiger partial charge in [-0.3, -0.25) is 4.79 Å². The molecule has 0 bridgehead atoms. The zero-order valence-electron chi connectivity index (χ0n) is 11.0. The first-order valence-corrected chi connectivity index (χ1v) is 6.35. The molecule has 0 spiro atoms. The predicted molar refractivity (Wildman–Crippen MR) is 79.6 cm³/mol. The molecular weight excluding hydrogens is 287 g/mol. The van der Waals surface area contributed by atoms with E-state index in [2.05, 4.69) is 10.6 Å². The number of ether oxygens (including phenoxy) is 1. The third-order valence-electron chi connectivity index (χ3n) is 3.17. The largest absolute Gasteiger partial charge is 0.495 e. The van der Waals surface area contributed by atoms with Crippen LogP contribution in [0.3, 0.4) is 0 Å². The summed E-state index contributed by atoms with van der Waals surface area (Å²) in [7, 11) is 1.56. The van der Waals surface area contributed by atoms with E-state index in [9.17, 15) is 4.79 Å². The number of benzene rings is 1. The van der Waals surface area contributed by atoms with Crippen LogP contribution in [0.2, 0.25) is 5.02 Å². The molecule has 1 aromatic rings. The van der Waals surface area contributed by atoms with E-state index in [0.717, 1.165) is 25.1 Å². The number of nitrogens with one attached hydrogen (secondary N) is 2. The number of amides is 1. The summed E-state index contributed by atoms with van der Waals surface area (Å²) in [5.74, 6) is 0.649. The summed E-state index contributed by atoms with van der Waals surface area (Å²) in [6.45, 7) is 3.53. The number of rotatable bonds is 3. The van der Waals surface area contributed by atoms with Gasteiger partial charge < -0.3 is 15.4 Å². The van der Waals surface area contributed by atoms with E-state index in [0.29, 0.717) is 16.5 Å². The molecule has 0 saturated carbocycles. The highest BCUT2D eigenvalue weighted by Crippen LogP contribution is 2.31. The van der Waals surface area contributed by atoms with Crippen molar-refractivity contribution < 1.29 is 9.53 Å². The zero-order chi connectivity index (χ0) is 13.1. The maximum atomic E-state index is 12.0. The highest BCUT2D eigenvalue weighted by molar-refractivity contribution is 6.31. The molecule has 1 unspecified atom stereocenters. The number of halogens is 2. The molecule has 1 heterocycles. The van der Waals surface area contributed by atoms with Gasteiger partial charge in [0.15, 0.2) is 0 Å². The molecule has 6 heteroatoms. The molecule has 1 fully saturated rings. The van der Waals surface area contributed by atoms with Crippen molar-refractivity contribution >= 4 is 35.6 Å². The van der Waals surface area contributed by atoms with Crippen molar-refractivity contribution in [2.24, 2.45) is 5.92 Å². The Kier molecular flexibility index (Phi) is 5.91. The molecule has 19 heavy (non-hydrogen) atoms. The SMILES string of the molecule is COc1cc(Cl)c(C)cc1NC(=O)C1CCNC1.Cl. The summed E-state index contributed by atoms with van der Waals surface area (Å²) in [6, 6.07) is 3.56. The van der Waals surface area contributed by atoms with Gasteiger partial charge in [0.25, 0.3) is 0 Å². The van der Waals surface area contributed by atoms with E-state index < -0.39 is 0 Å². The van der Waals surface area contributed by atoms with Gasteiger partial charge in [-0.2, -0.15) is 0 Å². The molecule has 1 aliphatic heterocycles. The van der Waals surface area contributed by atoms with Gasteiger partial charge in [0.2, 0.25) is 5.91 Å². The van der Waals surface area contributed by atoms with Gasteiger partial charge in [-0.05, 0) is 31.5 Å². The Bertz CT molecular complexity index is 460. The lowest BCUT2D eigenvalue weighted by atomic mass is 10.1. The van der Waals surface area contributed by atoms with Gasteiger partial charge in [0.1, 0.15) is 5.75 Å². The fraction of sp³-hybridized carbons (Fsp3) is 0.462. The monoisotopic (exact) mass is 304 g/mol. The number of carbonyl (C=O) groups is 1. The highest BCUT2D eigenvalue weighted by atomic mass is 35.5. The molecule has 1 amide bonds. The van der Waals surface area contributed by atoms with Gasteiger partial charge in [0, 0.05) is 17.6 Å². The van der Waals surface area contributed by atoms with Crippen LogP contribution in [-0.2, 0) is 4.79 Å². The van der Waals surface area contributed by atoms with Crippen LogP contribution in [-0.4, -0.2) is 26.1 Å². The Morgan fingerprint density at radius 1 is 1.53 bits per heavy atom. The van der Waals surface area contributed by atoms with E-state index in [1.165, 1.54) is 0 Å². The summed E-state index contributed by atoms with van der Waals surface area (Å²) in [5, 5.41) is 6.72. The van der Waals surface area contributed by atoms with Crippen LogP contribution >= 0.6 is 24.0 Å². The van der Waals surface area contributed by atoms with E-state index in [1.54, 1.807) is 13.2 Å². The maximum absolute atomic E-state index is 12.0. The summed E-state index contributed by atoms with van der Waals surface area (Å²) in [4.78, 5) is 12.0. The molecule has 1 atom stereocenters. The third-order valence-corrected chi connectivity index (χ3v) is 3.58. The number of anilines is 1. The molecule has 1 aromatic carbocycles. The molecule has 2 rings (SSSR count). The van der Waals surface area contributed by atoms with Gasteiger partial charge in [-0.15, -0.1) is 12.4 Å². The molecule has 1 aliphatic rings. The number of carbonyl (C=O) groups excluding carboxylic acids is 1. The van der Waals surface area contributed by atoms with E-state index >= 15 is 0 Å². The highest BCUT2D eigenvalue weighted by Gasteiger charge is 2.23. The first-order valence-electron chi connectivity index (χ1n) is 5.97. The number of hydrogen-bond acceptors (Lipinski definition) is 3. The molecule has 4 nitrogen and oxygen atoms in total. The summed E-state index contributed by atoms with van der Waals surface area (Å²) >= 11 is 6.03. The van der Waals surface area contributed by atoms with Crippen LogP contribution in [0, 0.1) is 12.8 Å². The van der Waals surface area contributed by atoms with Crippen LogP contribution in [0.4, 0.5) is 5.69 Å². The maximum Gasteiger partial charge on any atom is 0.228 e. The van der Waals surface area contributed by atoms with Crippen molar-refractivity contribution in [3.63, 3.8) is 0 Å². The Morgan fingerprint density at radius 2 is 2.26 bits per heavy atom. The van der Waals surface area contributed by atoms with Crippen molar-refractivity contribution in [3.05, 3.63) is 22.7 Å². The van der Waals surface area contributed by atoms with E-state index in [1.807, 2.05) is 13.0 Å². The minimum atomic E-state index is 0. The number of hydrogen-bond donors (Lipinski definition) is 2. The van der Waals surface area contributed by atoms with Gasteiger partial charge in [0.05, 0.1) is 18.7 Å². The number of aryl methyl sites for hydroxylation is 1. The second kappa shape index (κ2) is 6.98. The fourth-order valence-electron chi connectivity index (χ4n) is 2.04. The van der Waals surface area contributed by atoms with Crippen molar-refractivity contribution in [2.45, 2.75) is 13.3 Å². The summed E-state index contributed by atoms with van der Waals surface area (Å²) < 4.78 is 5.23. The predicted octanol–water partition coefficient (Wildman–Crippen LogP) is 2.63. The molecule has 0 radical (unpaired) electrons. The van der Waals surface area contributed by atoms with Crippen LogP contribution in [0.5, 0.6) is 5.75 Å². The first-order chi connectivity index (χ1) is 8.61.